The Morgan fingerprint density at radius 2 is 2.00 bits per heavy atom. The summed E-state index contributed by atoms with van der Waals surface area (Å²) >= 11 is 5.59. The van der Waals surface area contributed by atoms with Crippen LogP contribution in [0.2, 0.25) is 0 Å². The Morgan fingerprint density at radius 1 is 1.28 bits per heavy atom. The number of alkyl halides is 1. The third kappa shape index (κ3) is 4.92. The molecule has 0 N–H and O–H groups in total. The van der Waals surface area contributed by atoms with Crippen molar-refractivity contribution in [2.24, 2.45) is 0 Å². The number of nitrogens with zero attached hydrogens (tertiary/aromatic N) is 1. The maximum absolute atomic E-state index is 10.6. The van der Waals surface area contributed by atoms with Crippen molar-refractivity contribution in [2.45, 2.75) is 32.6 Å². The molecule has 0 unspecified atom stereocenters. The number of hydrogen-bond donors (Lipinski definition) is 0. The molecule has 0 radical (unpaired) electrons. The van der Waals surface area contributed by atoms with Crippen molar-refractivity contribution in [3.8, 4) is 5.75 Å². The number of nitro benzene ring substituents is 1. The number of nitro groups is 1. The molecule has 0 saturated carbocycles. The lowest BCUT2D eigenvalue weighted by Crippen LogP contribution is -1.99. The van der Waals surface area contributed by atoms with Gasteiger partial charge in [0.1, 0.15) is 5.75 Å². The minimum atomic E-state index is -0.400. The standard InChI is InChI=1S/C13H18ClNO3/c1-11-10-12(15(16)17)6-7-13(11)18-9-5-3-2-4-8-14/h6-7,10H,2-5,8-9H2,1H3. The van der Waals surface area contributed by atoms with Crippen LogP contribution in [0, 0.1) is 17.0 Å². The monoisotopic (exact) mass is 271 g/mol. The van der Waals surface area contributed by atoms with Crippen molar-refractivity contribution in [1.29, 1.82) is 0 Å². The first-order chi connectivity index (χ1) is 8.65. The number of benzene rings is 1. The van der Waals surface area contributed by atoms with E-state index in [1.165, 1.54) is 12.1 Å². The summed E-state index contributed by atoms with van der Waals surface area (Å²) in [5.41, 5.74) is 0.895. The first kappa shape index (κ1) is 14.8. The zero-order valence-electron chi connectivity index (χ0n) is 10.5. The van der Waals surface area contributed by atoms with Crippen molar-refractivity contribution in [3.63, 3.8) is 0 Å². The normalized spacial score (nSPS) is 10.3. The van der Waals surface area contributed by atoms with Crippen LogP contribution in [-0.4, -0.2) is 17.4 Å². The molecule has 0 aromatic heterocycles. The SMILES string of the molecule is Cc1cc([N+](=O)[O-])ccc1OCCCCCCCl. The molecule has 1 aromatic rings. The Labute approximate surface area is 112 Å². The van der Waals surface area contributed by atoms with Gasteiger partial charge in [0.25, 0.3) is 5.69 Å². The molecule has 0 bridgehead atoms. The van der Waals surface area contributed by atoms with Crippen LogP contribution in [0.25, 0.3) is 0 Å². The van der Waals surface area contributed by atoms with Crippen molar-refractivity contribution in [3.05, 3.63) is 33.9 Å². The van der Waals surface area contributed by atoms with Gasteiger partial charge in [0.15, 0.2) is 0 Å². The number of hydrogen-bond acceptors (Lipinski definition) is 3. The van der Waals surface area contributed by atoms with E-state index in [4.69, 9.17) is 16.3 Å². The first-order valence-electron chi connectivity index (χ1n) is 6.09. The Kier molecular flexibility index (Phi) is 6.50. The molecule has 5 heteroatoms. The van der Waals surface area contributed by atoms with Gasteiger partial charge < -0.3 is 4.74 Å². The summed E-state index contributed by atoms with van der Waals surface area (Å²) in [6, 6.07) is 4.66. The molecule has 0 aliphatic rings. The van der Waals surface area contributed by atoms with Gasteiger partial charge in [-0.15, -0.1) is 11.6 Å². The topological polar surface area (TPSA) is 52.4 Å². The highest BCUT2D eigenvalue weighted by Gasteiger charge is 2.08. The van der Waals surface area contributed by atoms with Crippen LogP contribution in [0.5, 0.6) is 5.75 Å². The summed E-state index contributed by atoms with van der Waals surface area (Å²) in [5.74, 6) is 1.43. The van der Waals surface area contributed by atoms with E-state index in [0.717, 1.165) is 37.0 Å². The number of non-ortho nitro benzene ring substituents is 1. The van der Waals surface area contributed by atoms with Gasteiger partial charge >= 0.3 is 0 Å². The second-order valence-corrected chi connectivity index (χ2v) is 4.54. The van der Waals surface area contributed by atoms with E-state index in [1.807, 2.05) is 6.92 Å². The fraction of sp³-hybridized carbons (Fsp3) is 0.538. The fourth-order valence-corrected chi connectivity index (χ4v) is 1.83. The van der Waals surface area contributed by atoms with Crippen LogP contribution in [0.15, 0.2) is 18.2 Å². The van der Waals surface area contributed by atoms with E-state index in [-0.39, 0.29) is 5.69 Å². The molecule has 0 aliphatic heterocycles. The largest absolute Gasteiger partial charge is 0.493 e. The highest BCUT2D eigenvalue weighted by atomic mass is 35.5. The molecule has 0 spiro atoms. The van der Waals surface area contributed by atoms with Gasteiger partial charge in [0, 0.05) is 18.0 Å². The Morgan fingerprint density at radius 3 is 2.61 bits per heavy atom. The fourth-order valence-electron chi connectivity index (χ4n) is 1.64. The van der Waals surface area contributed by atoms with Crippen LogP contribution in [0.1, 0.15) is 31.2 Å². The van der Waals surface area contributed by atoms with Gasteiger partial charge in [0.2, 0.25) is 0 Å². The molecule has 0 atom stereocenters. The second kappa shape index (κ2) is 7.93. The molecule has 1 aromatic carbocycles. The molecule has 0 saturated heterocycles. The van der Waals surface area contributed by atoms with Gasteiger partial charge in [0.05, 0.1) is 11.5 Å². The van der Waals surface area contributed by atoms with Crippen molar-refractivity contribution in [2.75, 3.05) is 12.5 Å². The highest BCUT2D eigenvalue weighted by molar-refractivity contribution is 6.17. The molecule has 4 nitrogen and oxygen atoms in total. The lowest BCUT2D eigenvalue weighted by Gasteiger charge is -2.08. The lowest BCUT2D eigenvalue weighted by molar-refractivity contribution is -0.384. The molecule has 0 amide bonds. The summed E-state index contributed by atoms with van der Waals surface area (Å²) in [6.07, 6.45) is 4.23. The van der Waals surface area contributed by atoms with Crippen LogP contribution in [0.3, 0.4) is 0 Å². The predicted molar refractivity (Wildman–Crippen MR) is 72.5 cm³/mol. The maximum atomic E-state index is 10.6. The highest BCUT2D eigenvalue weighted by Crippen LogP contribution is 2.23. The summed E-state index contributed by atoms with van der Waals surface area (Å²) in [6.45, 7) is 2.46. The second-order valence-electron chi connectivity index (χ2n) is 4.16. The predicted octanol–water partition coefficient (Wildman–Crippen LogP) is 4.08. The third-order valence-electron chi connectivity index (χ3n) is 2.65. The van der Waals surface area contributed by atoms with E-state index in [1.54, 1.807) is 6.07 Å². The molecular formula is C13H18ClNO3. The van der Waals surface area contributed by atoms with Crippen molar-refractivity contribution < 1.29 is 9.66 Å². The van der Waals surface area contributed by atoms with Crippen molar-refractivity contribution >= 4 is 17.3 Å². The van der Waals surface area contributed by atoms with Gasteiger partial charge in [-0.05, 0) is 31.4 Å². The summed E-state index contributed by atoms with van der Waals surface area (Å²) in [7, 11) is 0. The van der Waals surface area contributed by atoms with E-state index >= 15 is 0 Å². The number of aryl methyl sites for hydroxylation is 1. The maximum Gasteiger partial charge on any atom is 0.269 e. The molecule has 18 heavy (non-hydrogen) atoms. The van der Waals surface area contributed by atoms with E-state index in [2.05, 4.69) is 0 Å². The van der Waals surface area contributed by atoms with E-state index in [0.29, 0.717) is 12.5 Å². The Hall–Kier alpha value is -1.29. The minimum Gasteiger partial charge on any atom is -0.493 e. The zero-order valence-corrected chi connectivity index (χ0v) is 11.3. The molecule has 0 aliphatic carbocycles. The molecule has 0 fully saturated rings. The molecule has 1 rings (SSSR count). The summed E-state index contributed by atoms with van der Waals surface area (Å²) < 4.78 is 5.60. The molecule has 100 valence electrons. The average molecular weight is 272 g/mol. The minimum absolute atomic E-state index is 0.0990. The number of rotatable bonds is 8. The number of ether oxygens (including phenoxy) is 1. The van der Waals surface area contributed by atoms with Crippen LogP contribution < -0.4 is 4.74 Å². The van der Waals surface area contributed by atoms with Crippen molar-refractivity contribution in [1.82, 2.24) is 0 Å². The van der Waals surface area contributed by atoms with E-state index in [9.17, 15) is 10.1 Å². The van der Waals surface area contributed by atoms with Gasteiger partial charge in [-0.2, -0.15) is 0 Å². The van der Waals surface area contributed by atoms with Gasteiger partial charge in [-0.1, -0.05) is 12.8 Å². The quantitative estimate of drug-likeness (QED) is 0.310. The zero-order chi connectivity index (χ0) is 13.4. The first-order valence-corrected chi connectivity index (χ1v) is 6.62. The smallest absolute Gasteiger partial charge is 0.269 e. The number of halogens is 1. The third-order valence-corrected chi connectivity index (χ3v) is 2.92. The Balaban J connectivity index is 2.36. The van der Waals surface area contributed by atoms with Gasteiger partial charge in [-0.3, -0.25) is 10.1 Å². The Bertz CT molecular complexity index is 396. The van der Waals surface area contributed by atoms with Crippen LogP contribution in [-0.2, 0) is 0 Å². The van der Waals surface area contributed by atoms with Gasteiger partial charge in [-0.25, -0.2) is 0 Å². The summed E-state index contributed by atoms with van der Waals surface area (Å²) in [4.78, 5) is 10.2. The molecule has 0 heterocycles. The average Bonchev–Trinajstić information content (AvgIpc) is 2.35. The lowest BCUT2D eigenvalue weighted by atomic mass is 10.2. The van der Waals surface area contributed by atoms with Crippen LogP contribution in [0.4, 0.5) is 5.69 Å². The molecular weight excluding hydrogens is 254 g/mol. The van der Waals surface area contributed by atoms with Crippen LogP contribution >= 0.6 is 11.6 Å². The summed E-state index contributed by atoms with van der Waals surface area (Å²) in [5, 5.41) is 10.6. The number of unbranched alkanes of at least 4 members (excludes halogenated alkanes) is 3. The van der Waals surface area contributed by atoms with E-state index < -0.39 is 4.92 Å².